The molecule has 234 valence electrons. The molecule has 0 saturated heterocycles. The second-order valence-corrected chi connectivity index (χ2v) is 13.2. The van der Waals surface area contributed by atoms with Gasteiger partial charge in [-0.15, -0.1) is 0 Å². The van der Waals surface area contributed by atoms with Gasteiger partial charge in [-0.1, -0.05) is 217 Å². The predicted molar refractivity (Wildman–Crippen MR) is 187 cm³/mol. The molecule has 1 heteroatoms. The Labute approximate surface area is 256 Å². The maximum atomic E-state index is 6.43. The van der Waals surface area contributed by atoms with E-state index in [4.69, 9.17) is 5.73 Å². The lowest BCUT2D eigenvalue weighted by Gasteiger charge is -2.09. The Kier molecular flexibility index (Phi) is 22.8. The summed E-state index contributed by atoms with van der Waals surface area (Å²) >= 11 is 0. The number of benzene rings is 2. The van der Waals surface area contributed by atoms with E-state index in [0.29, 0.717) is 0 Å². The van der Waals surface area contributed by atoms with Crippen molar-refractivity contribution < 1.29 is 0 Å². The number of anilines is 1. The maximum absolute atomic E-state index is 6.43. The van der Waals surface area contributed by atoms with Crippen LogP contribution in [-0.4, -0.2) is 0 Å². The molecule has 0 aliphatic heterocycles. The van der Waals surface area contributed by atoms with E-state index in [0.717, 1.165) is 12.1 Å². The third-order valence-corrected chi connectivity index (χ3v) is 9.36. The first kappa shape index (κ1) is 35.7. The van der Waals surface area contributed by atoms with Crippen LogP contribution in [0.1, 0.15) is 192 Å². The van der Waals surface area contributed by atoms with Crippen molar-refractivity contribution in [2.45, 2.75) is 193 Å². The van der Waals surface area contributed by atoms with Crippen LogP contribution >= 0.6 is 0 Å². The zero-order valence-electron chi connectivity index (χ0n) is 27.5. The number of fused-ring (bicyclic) bond motifs is 1. The second kappa shape index (κ2) is 26.2. The predicted octanol–water partition coefficient (Wildman–Crippen LogP) is 13.9. The van der Waals surface area contributed by atoms with Crippen LogP contribution in [-0.2, 0) is 6.42 Å². The topological polar surface area (TPSA) is 26.0 Å². The standard InChI is InChI=1S/C40H69N/c1-2-3-4-5-6-7-8-9-10-11-12-13-14-15-16-17-18-19-20-21-22-23-24-25-26-27-28-29-33-38-36-35-37-32-30-31-34-39(37)40(38)41/h30-32,34-36H,2-29,33,41H2,1H3. The molecular formula is C40H69N. The number of nitrogens with two attached hydrogens (primary N) is 1. The molecule has 2 aromatic rings. The molecule has 0 aliphatic rings. The van der Waals surface area contributed by atoms with Gasteiger partial charge in [0.15, 0.2) is 0 Å². The van der Waals surface area contributed by atoms with Gasteiger partial charge >= 0.3 is 0 Å². The molecule has 0 heterocycles. The van der Waals surface area contributed by atoms with Crippen LogP contribution < -0.4 is 5.73 Å². The van der Waals surface area contributed by atoms with Crippen LogP contribution in [0.25, 0.3) is 10.8 Å². The minimum atomic E-state index is 0.994. The number of rotatable bonds is 29. The van der Waals surface area contributed by atoms with E-state index in [1.807, 2.05) is 0 Å². The van der Waals surface area contributed by atoms with Crippen molar-refractivity contribution in [3.8, 4) is 0 Å². The molecule has 0 atom stereocenters. The van der Waals surface area contributed by atoms with Crippen molar-refractivity contribution in [1.29, 1.82) is 0 Å². The molecule has 0 spiro atoms. The molecule has 0 saturated carbocycles. The first-order valence-electron chi connectivity index (χ1n) is 18.6. The quantitative estimate of drug-likeness (QED) is 0.0773. The van der Waals surface area contributed by atoms with E-state index >= 15 is 0 Å². The Morgan fingerprint density at radius 1 is 0.390 bits per heavy atom. The summed E-state index contributed by atoms with van der Waals surface area (Å²) in [6, 6.07) is 12.9. The molecule has 1 nitrogen and oxygen atoms in total. The number of hydrogen-bond acceptors (Lipinski definition) is 1. The fraction of sp³-hybridized carbons (Fsp3) is 0.750. The van der Waals surface area contributed by atoms with Gasteiger partial charge in [0.1, 0.15) is 0 Å². The molecule has 0 bridgehead atoms. The van der Waals surface area contributed by atoms with E-state index in [9.17, 15) is 0 Å². The van der Waals surface area contributed by atoms with Gasteiger partial charge in [-0.2, -0.15) is 0 Å². The first-order chi connectivity index (χ1) is 20.3. The van der Waals surface area contributed by atoms with Gasteiger partial charge in [-0.3, -0.25) is 0 Å². The van der Waals surface area contributed by atoms with Crippen LogP contribution in [0.4, 0.5) is 5.69 Å². The smallest absolute Gasteiger partial charge is 0.0426 e. The molecule has 2 rings (SSSR count). The lowest BCUT2D eigenvalue weighted by molar-refractivity contribution is 0.514. The summed E-state index contributed by atoms with van der Waals surface area (Å²) in [5, 5.41) is 2.47. The summed E-state index contributed by atoms with van der Waals surface area (Å²) in [4.78, 5) is 0. The molecular weight excluding hydrogens is 494 g/mol. The monoisotopic (exact) mass is 564 g/mol. The van der Waals surface area contributed by atoms with Crippen molar-refractivity contribution in [1.82, 2.24) is 0 Å². The molecule has 0 radical (unpaired) electrons. The van der Waals surface area contributed by atoms with Crippen LogP contribution in [0, 0.1) is 0 Å². The number of nitrogen functional groups attached to an aromatic ring is 1. The van der Waals surface area contributed by atoms with Gasteiger partial charge in [-0.05, 0) is 23.8 Å². The second-order valence-electron chi connectivity index (χ2n) is 13.2. The fourth-order valence-electron chi connectivity index (χ4n) is 6.54. The Bertz CT molecular complexity index is 840. The van der Waals surface area contributed by atoms with E-state index in [2.05, 4.69) is 43.3 Å². The highest BCUT2D eigenvalue weighted by Gasteiger charge is 2.04. The van der Waals surface area contributed by atoms with Gasteiger partial charge in [0, 0.05) is 11.1 Å². The highest BCUT2D eigenvalue weighted by atomic mass is 14.6. The van der Waals surface area contributed by atoms with Gasteiger partial charge in [-0.25, -0.2) is 0 Å². The van der Waals surface area contributed by atoms with E-state index < -0.39 is 0 Å². The number of aryl methyl sites for hydroxylation is 1. The van der Waals surface area contributed by atoms with Crippen LogP contribution in [0.2, 0.25) is 0 Å². The molecule has 0 unspecified atom stereocenters. The summed E-state index contributed by atoms with van der Waals surface area (Å²) in [7, 11) is 0. The highest BCUT2D eigenvalue weighted by Crippen LogP contribution is 2.26. The van der Waals surface area contributed by atoms with Gasteiger partial charge < -0.3 is 5.73 Å². The average Bonchev–Trinajstić information content (AvgIpc) is 2.99. The maximum Gasteiger partial charge on any atom is 0.0426 e. The molecule has 0 aliphatic carbocycles. The van der Waals surface area contributed by atoms with Crippen molar-refractivity contribution in [3.63, 3.8) is 0 Å². The highest BCUT2D eigenvalue weighted by molar-refractivity contribution is 5.94. The summed E-state index contributed by atoms with van der Waals surface area (Å²) in [6.45, 7) is 2.31. The normalized spacial score (nSPS) is 11.5. The van der Waals surface area contributed by atoms with E-state index in [1.165, 1.54) is 196 Å². The van der Waals surface area contributed by atoms with Gasteiger partial charge in [0.05, 0.1) is 0 Å². The number of unbranched alkanes of at least 4 members (excludes halogenated alkanes) is 27. The van der Waals surface area contributed by atoms with Crippen molar-refractivity contribution >= 4 is 16.5 Å². The molecule has 2 N–H and O–H groups in total. The van der Waals surface area contributed by atoms with Crippen molar-refractivity contribution in [3.05, 3.63) is 42.0 Å². The average molecular weight is 564 g/mol. The molecule has 2 aromatic carbocycles. The van der Waals surface area contributed by atoms with Crippen molar-refractivity contribution in [2.24, 2.45) is 0 Å². The first-order valence-corrected chi connectivity index (χ1v) is 18.6. The minimum Gasteiger partial charge on any atom is -0.398 e. The van der Waals surface area contributed by atoms with Crippen molar-refractivity contribution in [2.75, 3.05) is 5.73 Å². The zero-order valence-corrected chi connectivity index (χ0v) is 27.5. The van der Waals surface area contributed by atoms with Gasteiger partial charge in [0.2, 0.25) is 0 Å². The SMILES string of the molecule is CCCCCCCCCCCCCCCCCCCCCCCCCCCCCCc1ccc2ccccc2c1N. The Morgan fingerprint density at radius 2 is 0.732 bits per heavy atom. The van der Waals surface area contributed by atoms with E-state index in [-0.39, 0.29) is 0 Å². The number of hydrogen-bond donors (Lipinski definition) is 1. The third kappa shape index (κ3) is 18.6. The summed E-state index contributed by atoms with van der Waals surface area (Å²) in [5.41, 5.74) is 8.75. The minimum absolute atomic E-state index is 0.994. The van der Waals surface area contributed by atoms with Gasteiger partial charge in [0.25, 0.3) is 0 Å². The lowest BCUT2D eigenvalue weighted by Crippen LogP contribution is -1.96. The van der Waals surface area contributed by atoms with Crippen LogP contribution in [0.15, 0.2) is 36.4 Å². The third-order valence-electron chi connectivity index (χ3n) is 9.36. The molecule has 0 amide bonds. The molecule has 41 heavy (non-hydrogen) atoms. The Morgan fingerprint density at radius 3 is 1.12 bits per heavy atom. The lowest BCUT2D eigenvalue weighted by atomic mass is 9.99. The Balaban J connectivity index is 1.22. The zero-order chi connectivity index (χ0) is 29.1. The summed E-state index contributed by atoms with van der Waals surface area (Å²) in [5.74, 6) is 0. The fourth-order valence-corrected chi connectivity index (χ4v) is 6.54. The summed E-state index contributed by atoms with van der Waals surface area (Å²) in [6.07, 6.45) is 41.7. The van der Waals surface area contributed by atoms with E-state index in [1.54, 1.807) is 0 Å². The Hall–Kier alpha value is -1.50. The van der Waals surface area contributed by atoms with Crippen LogP contribution in [0.5, 0.6) is 0 Å². The van der Waals surface area contributed by atoms with Crippen LogP contribution in [0.3, 0.4) is 0 Å². The largest absolute Gasteiger partial charge is 0.398 e. The summed E-state index contributed by atoms with van der Waals surface area (Å²) < 4.78 is 0. The molecule has 0 fully saturated rings. The molecule has 0 aromatic heterocycles.